The molecule has 1 aliphatic carbocycles. The molecular formula is C14H26N2O2. The molecule has 1 N–H and O–H groups in total. The van der Waals surface area contributed by atoms with Gasteiger partial charge in [0.25, 0.3) is 0 Å². The zero-order valence-electron chi connectivity index (χ0n) is 11.5. The number of ether oxygens (including phenoxy) is 1. The lowest BCUT2D eigenvalue weighted by atomic mass is 9.97. The lowest BCUT2D eigenvalue weighted by Crippen LogP contribution is -2.47. The first kappa shape index (κ1) is 13.8. The smallest absolute Gasteiger partial charge is 0.236 e. The third-order valence-corrected chi connectivity index (χ3v) is 4.24. The van der Waals surface area contributed by atoms with E-state index < -0.39 is 0 Å². The number of carbonyl (C=O) groups excluding carboxylic acids is 1. The Morgan fingerprint density at radius 2 is 1.94 bits per heavy atom. The van der Waals surface area contributed by atoms with Gasteiger partial charge in [-0.25, -0.2) is 0 Å². The largest absolute Gasteiger partial charge is 0.378 e. The molecule has 1 saturated carbocycles. The fourth-order valence-corrected chi connectivity index (χ4v) is 2.94. The van der Waals surface area contributed by atoms with Gasteiger partial charge in [-0.15, -0.1) is 0 Å². The van der Waals surface area contributed by atoms with Crippen molar-refractivity contribution in [2.75, 3.05) is 32.8 Å². The first-order chi connectivity index (χ1) is 8.77. The number of hydrogen-bond donors (Lipinski definition) is 1. The molecule has 0 aromatic rings. The minimum absolute atomic E-state index is 0.231. The van der Waals surface area contributed by atoms with Crippen molar-refractivity contribution in [3.05, 3.63) is 0 Å². The van der Waals surface area contributed by atoms with Crippen LogP contribution in [0.3, 0.4) is 0 Å². The van der Waals surface area contributed by atoms with Gasteiger partial charge in [-0.3, -0.25) is 4.79 Å². The fraction of sp³-hybridized carbons (Fsp3) is 0.929. The summed E-state index contributed by atoms with van der Waals surface area (Å²) < 4.78 is 5.26. The van der Waals surface area contributed by atoms with Crippen LogP contribution in [-0.4, -0.2) is 49.7 Å². The lowest BCUT2D eigenvalue weighted by Gasteiger charge is -2.29. The Kier molecular flexibility index (Phi) is 5.45. The molecule has 0 aromatic heterocycles. The predicted molar refractivity (Wildman–Crippen MR) is 71.4 cm³/mol. The number of amides is 1. The lowest BCUT2D eigenvalue weighted by molar-refractivity contribution is -0.134. The summed E-state index contributed by atoms with van der Waals surface area (Å²) in [5.74, 6) is 0.930. The van der Waals surface area contributed by atoms with Crippen LogP contribution in [0.2, 0.25) is 0 Å². The summed E-state index contributed by atoms with van der Waals surface area (Å²) in [6.45, 7) is 5.68. The van der Waals surface area contributed by atoms with Gasteiger partial charge in [0, 0.05) is 19.1 Å². The Labute approximate surface area is 110 Å². The molecule has 4 heteroatoms. The molecular weight excluding hydrogens is 228 g/mol. The van der Waals surface area contributed by atoms with Crippen LogP contribution in [0.4, 0.5) is 0 Å². The maximum absolute atomic E-state index is 12.0. The molecule has 2 aliphatic rings. The zero-order chi connectivity index (χ0) is 12.8. The maximum Gasteiger partial charge on any atom is 0.236 e. The van der Waals surface area contributed by atoms with E-state index in [4.69, 9.17) is 4.74 Å². The van der Waals surface area contributed by atoms with E-state index in [2.05, 4.69) is 12.2 Å². The van der Waals surface area contributed by atoms with E-state index in [9.17, 15) is 4.79 Å². The summed E-state index contributed by atoms with van der Waals surface area (Å²) in [6.07, 6.45) is 6.51. The van der Waals surface area contributed by atoms with Gasteiger partial charge in [-0.2, -0.15) is 0 Å². The van der Waals surface area contributed by atoms with Crippen LogP contribution in [0.25, 0.3) is 0 Å². The van der Waals surface area contributed by atoms with Gasteiger partial charge in [0.2, 0.25) is 5.91 Å². The number of nitrogens with zero attached hydrogens (tertiary/aromatic N) is 1. The van der Waals surface area contributed by atoms with Gasteiger partial charge >= 0.3 is 0 Å². The minimum Gasteiger partial charge on any atom is -0.378 e. The van der Waals surface area contributed by atoms with Crippen molar-refractivity contribution in [2.45, 2.75) is 45.1 Å². The molecule has 0 spiro atoms. The average Bonchev–Trinajstić information content (AvgIpc) is 2.62. The molecule has 0 radical (unpaired) electrons. The standard InChI is InChI=1S/C14H26N2O2/c1-12-5-3-2-4-6-13(12)15-11-14(17)16-7-9-18-10-8-16/h12-13,15H,2-11H2,1H3. The van der Waals surface area contributed by atoms with Crippen LogP contribution in [0, 0.1) is 5.92 Å². The molecule has 1 saturated heterocycles. The minimum atomic E-state index is 0.231. The predicted octanol–water partition coefficient (Wildman–Crippen LogP) is 1.40. The van der Waals surface area contributed by atoms with Gasteiger partial charge < -0.3 is 15.0 Å². The van der Waals surface area contributed by atoms with E-state index in [1.54, 1.807) is 0 Å². The molecule has 1 amide bonds. The fourth-order valence-electron chi connectivity index (χ4n) is 2.94. The van der Waals surface area contributed by atoms with Crippen LogP contribution in [0.15, 0.2) is 0 Å². The number of hydrogen-bond acceptors (Lipinski definition) is 3. The van der Waals surface area contributed by atoms with Crippen molar-refractivity contribution < 1.29 is 9.53 Å². The summed E-state index contributed by atoms with van der Waals surface area (Å²) in [5, 5.41) is 3.48. The second-order valence-corrected chi connectivity index (χ2v) is 5.60. The highest BCUT2D eigenvalue weighted by molar-refractivity contribution is 5.78. The summed E-state index contributed by atoms with van der Waals surface area (Å²) >= 11 is 0. The summed E-state index contributed by atoms with van der Waals surface area (Å²) in [7, 11) is 0. The third kappa shape index (κ3) is 3.95. The van der Waals surface area contributed by atoms with Crippen molar-refractivity contribution in [3.8, 4) is 0 Å². The van der Waals surface area contributed by atoms with Crippen LogP contribution < -0.4 is 5.32 Å². The third-order valence-electron chi connectivity index (χ3n) is 4.24. The Hall–Kier alpha value is -0.610. The highest BCUT2D eigenvalue weighted by Gasteiger charge is 2.22. The highest BCUT2D eigenvalue weighted by Crippen LogP contribution is 2.22. The molecule has 0 bridgehead atoms. The van der Waals surface area contributed by atoms with Crippen LogP contribution in [-0.2, 0) is 9.53 Å². The first-order valence-corrected chi connectivity index (χ1v) is 7.36. The van der Waals surface area contributed by atoms with E-state index in [1.165, 1.54) is 32.1 Å². The van der Waals surface area contributed by atoms with Crippen LogP contribution in [0.5, 0.6) is 0 Å². The van der Waals surface area contributed by atoms with E-state index >= 15 is 0 Å². The maximum atomic E-state index is 12.0. The van der Waals surface area contributed by atoms with E-state index in [-0.39, 0.29) is 5.91 Å². The number of carbonyl (C=O) groups is 1. The molecule has 18 heavy (non-hydrogen) atoms. The van der Waals surface area contributed by atoms with E-state index in [1.807, 2.05) is 4.90 Å². The Morgan fingerprint density at radius 1 is 1.22 bits per heavy atom. The molecule has 2 atom stereocenters. The van der Waals surface area contributed by atoms with Crippen molar-refractivity contribution in [1.82, 2.24) is 10.2 Å². The highest BCUT2D eigenvalue weighted by atomic mass is 16.5. The summed E-state index contributed by atoms with van der Waals surface area (Å²) in [5.41, 5.74) is 0. The van der Waals surface area contributed by atoms with E-state index in [0.29, 0.717) is 31.7 Å². The summed E-state index contributed by atoms with van der Waals surface area (Å²) in [6, 6.07) is 0.525. The van der Waals surface area contributed by atoms with Gasteiger partial charge in [0.05, 0.1) is 19.8 Å². The van der Waals surface area contributed by atoms with Gasteiger partial charge in [0.1, 0.15) is 0 Å². The number of morpholine rings is 1. The molecule has 1 heterocycles. The molecule has 2 rings (SSSR count). The number of rotatable bonds is 3. The Morgan fingerprint density at radius 3 is 2.72 bits per heavy atom. The molecule has 0 aromatic carbocycles. The van der Waals surface area contributed by atoms with Crippen LogP contribution in [0.1, 0.15) is 39.0 Å². The van der Waals surface area contributed by atoms with Crippen LogP contribution >= 0.6 is 0 Å². The quantitative estimate of drug-likeness (QED) is 0.774. The monoisotopic (exact) mass is 254 g/mol. The molecule has 4 nitrogen and oxygen atoms in total. The van der Waals surface area contributed by atoms with Crippen molar-refractivity contribution in [1.29, 1.82) is 0 Å². The molecule has 2 fully saturated rings. The molecule has 104 valence electrons. The van der Waals surface area contributed by atoms with E-state index in [0.717, 1.165) is 13.1 Å². The van der Waals surface area contributed by atoms with Crippen molar-refractivity contribution in [3.63, 3.8) is 0 Å². The Bertz CT molecular complexity index is 265. The first-order valence-electron chi connectivity index (χ1n) is 7.36. The number of nitrogens with one attached hydrogen (secondary N) is 1. The average molecular weight is 254 g/mol. The molecule has 2 unspecified atom stereocenters. The molecule has 1 aliphatic heterocycles. The van der Waals surface area contributed by atoms with Gasteiger partial charge in [-0.1, -0.05) is 26.2 Å². The van der Waals surface area contributed by atoms with Gasteiger partial charge in [-0.05, 0) is 18.8 Å². The Balaban J connectivity index is 1.73. The van der Waals surface area contributed by atoms with Crippen molar-refractivity contribution >= 4 is 5.91 Å². The van der Waals surface area contributed by atoms with Crippen molar-refractivity contribution in [2.24, 2.45) is 5.92 Å². The summed E-state index contributed by atoms with van der Waals surface area (Å²) in [4.78, 5) is 14.0. The second-order valence-electron chi connectivity index (χ2n) is 5.60. The normalized spacial score (nSPS) is 29.9. The topological polar surface area (TPSA) is 41.6 Å². The second kappa shape index (κ2) is 7.10. The van der Waals surface area contributed by atoms with Gasteiger partial charge in [0.15, 0.2) is 0 Å². The zero-order valence-corrected chi connectivity index (χ0v) is 11.5. The SMILES string of the molecule is CC1CCCCCC1NCC(=O)N1CCOCC1.